The summed E-state index contributed by atoms with van der Waals surface area (Å²) in [6.45, 7) is 8.60. The largest absolute Gasteiger partial charge is 0.354 e. The Hall–Kier alpha value is -1.10. The van der Waals surface area contributed by atoms with Gasteiger partial charge in [0.15, 0.2) is 0 Å². The summed E-state index contributed by atoms with van der Waals surface area (Å²) in [6.07, 6.45) is 1.85. The summed E-state index contributed by atoms with van der Waals surface area (Å²) >= 11 is 6.39. The highest BCUT2D eigenvalue weighted by Gasteiger charge is 2.24. The van der Waals surface area contributed by atoms with Crippen LogP contribution in [0, 0.1) is 5.92 Å². The molecule has 1 atom stereocenters. The van der Waals surface area contributed by atoms with Crippen molar-refractivity contribution in [2.75, 3.05) is 32.7 Å². The van der Waals surface area contributed by atoms with Gasteiger partial charge in [-0.1, -0.05) is 43.6 Å². The van der Waals surface area contributed by atoms with Crippen molar-refractivity contribution in [3.05, 3.63) is 34.9 Å². The highest BCUT2D eigenvalue weighted by Crippen LogP contribution is 2.27. The minimum absolute atomic E-state index is 0.115. The van der Waals surface area contributed by atoms with E-state index in [2.05, 4.69) is 35.4 Å². The average Bonchev–Trinajstić information content (AvgIpc) is 2.60. The highest BCUT2D eigenvalue weighted by atomic mass is 35.5. The fraction of sp³-hybridized carbons (Fsp3) is 0.611. The number of carbonyl (C=O) groups is 1. The van der Waals surface area contributed by atoms with Crippen molar-refractivity contribution in [1.82, 2.24) is 15.5 Å². The molecule has 1 aromatic rings. The first-order valence-corrected chi connectivity index (χ1v) is 9.02. The molecule has 128 valence electrons. The monoisotopic (exact) mass is 337 g/mol. The fourth-order valence-electron chi connectivity index (χ4n) is 3.27. The van der Waals surface area contributed by atoms with E-state index in [0.29, 0.717) is 6.54 Å². The Morgan fingerprint density at radius 2 is 1.96 bits per heavy atom. The lowest BCUT2D eigenvalue weighted by Crippen LogP contribution is -2.42. The molecule has 0 spiro atoms. The summed E-state index contributed by atoms with van der Waals surface area (Å²) in [6, 6.07) is 8.04. The van der Waals surface area contributed by atoms with Crippen LogP contribution in [0.1, 0.15) is 38.3 Å². The number of nitrogens with one attached hydrogen (secondary N) is 2. The van der Waals surface area contributed by atoms with Crippen LogP contribution in [0.2, 0.25) is 5.02 Å². The molecule has 23 heavy (non-hydrogen) atoms. The number of likely N-dealkylation sites (N-methyl/N-ethyl adjacent to an activating group) is 1. The van der Waals surface area contributed by atoms with Crippen molar-refractivity contribution in [2.24, 2.45) is 5.92 Å². The Balaban J connectivity index is 2.05. The molecule has 0 bridgehead atoms. The van der Waals surface area contributed by atoms with Gasteiger partial charge in [-0.15, -0.1) is 0 Å². The van der Waals surface area contributed by atoms with Gasteiger partial charge < -0.3 is 10.6 Å². The first-order chi connectivity index (χ1) is 11.2. The summed E-state index contributed by atoms with van der Waals surface area (Å²) in [5.74, 6) is 0.315. The van der Waals surface area contributed by atoms with E-state index in [-0.39, 0.29) is 17.9 Å². The predicted molar refractivity (Wildman–Crippen MR) is 95.7 cm³/mol. The summed E-state index contributed by atoms with van der Waals surface area (Å²) in [7, 11) is 0. The topological polar surface area (TPSA) is 44.4 Å². The van der Waals surface area contributed by atoms with Gasteiger partial charge in [0.25, 0.3) is 0 Å². The van der Waals surface area contributed by atoms with Gasteiger partial charge in [-0.2, -0.15) is 0 Å². The molecule has 0 saturated carbocycles. The zero-order valence-corrected chi connectivity index (χ0v) is 14.9. The van der Waals surface area contributed by atoms with E-state index in [0.717, 1.165) is 49.6 Å². The molecule has 1 aromatic carbocycles. The smallest absolute Gasteiger partial charge is 0.223 e. The minimum atomic E-state index is 0.115. The van der Waals surface area contributed by atoms with Gasteiger partial charge in [0, 0.05) is 17.5 Å². The summed E-state index contributed by atoms with van der Waals surface area (Å²) in [4.78, 5) is 14.8. The number of benzene rings is 1. The molecule has 1 aliphatic heterocycles. The van der Waals surface area contributed by atoms with Crippen molar-refractivity contribution < 1.29 is 4.79 Å². The molecule has 1 saturated heterocycles. The van der Waals surface area contributed by atoms with Gasteiger partial charge in [-0.25, -0.2) is 0 Å². The fourth-order valence-corrected chi connectivity index (χ4v) is 3.53. The van der Waals surface area contributed by atoms with E-state index >= 15 is 0 Å². The maximum atomic E-state index is 12.4. The number of carbonyl (C=O) groups excluding carboxylic acids is 1. The summed E-state index contributed by atoms with van der Waals surface area (Å²) in [5.41, 5.74) is 1.09. The molecule has 0 aliphatic carbocycles. The number of nitrogens with zero attached hydrogens (tertiary/aromatic N) is 1. The predicted octanol–water partition coefficient (Wildman–Crippen LogP) is 2.84. The average molecular weight is 338 g/mol. The van der Waals surface area contributed by atoms with Crippen LogP contribution in [0.5, 0.6) is 0 Å². The molecule has 2 N–H and O–H groups in total. The molecule has 4 nitrogen and oxygen atoms in total. The lowest BCUT2D eigenvalue weighted by atomic mass is 9.97. The van der Waals surface area contributed by atoms with E-state index in [9.17, 15) is 4.79 Å². The van der Waals surface area contributed by atoms with Crippen LogP contribution in [-0.4, -0.2) is 43.5 Å². The molecule has 1 unspecified atom stereocenters. The van der Waals surface area contributed by atoms with Crippen molar-refractivity contribution in [1.29, 1.82) is 0 Å². The SMILES string of the molecule is CCN(CC)C(CNC(=O)C1CCNCC1)c1ccccc1Cl. The maximum Gasteiger partial charge on any atom is 0.223 e. The Kier molecular flexibility index (Phi) is 7.34. The molecule has 1 amide bonds. The Morgan fingerprint density at radius 1 is 1.30 bits per heavy atom. The highest BCUT2D eigenvalue weighted by molar-refractivity contribution is 6.31. The van der Waals surface area contributed by atoms with E-state index in [1.807, 2.05) is 18.2 Å². The second-order valence-corrected chi connectivity index (χ2v) is 6.44. The molecule has 0 radical (unpaired) electrons. The number of rotatable bonds is 7. The Bertz CT molecular complexity index is 499. The minimum Gasteiger partial charge on any atom is -0.354 e. The van der Waals surface area contributed by atoms with Crippen LogP contribution in [0.25, 0.3) is 0 Å². The van der Waals surface area contributed by atoms with Crippen LogP contribution >= 0.6 is 11.6 Å². The van der Waals surface area contributed by atoms with E-state index < -0.39 is 0 Å². The van der Waals surface area contributed by atoms with Crippen LogP contribution in [0.15, 0.2) is 24.3 Å². The van der Waals surface area contributed by atoms with E-state index in [4.69, 9.17) is 11.6 Å². The molecule has 1 aliphatic rings. The summed E-state index contributed by atoms with van der Waals surface area (Å²) < 4.78 is 0. The first kappa shape index (κ1) is 18.2. The van der Waals surface area contributed by atoms with Gasteiger partial charge in [0.2, 0.25) is 5.91 Å². The molecule has 0 aromatic heterocycles. The number of amides is 1. The number of hydrogen-bond donors (Lipinski definition) is 2. The number of piperidine rings is 1. The maximum absolute atomic E-state index is 12.4. The van der Waals surface area contributed by atoms with Crippen molar-refractivity contribution in [3.63, 3.8) is 0 Å². The van der Waals surface area contributed by atoms with Crippen LogP contribution in [0.4, 0.5) is 0 Å². The van der Waals surface area contributed by atoms with Gasteiger partial charge in [0.05, 0.1) is 6.04 Å². The van der Waals surface area contributed by atoms with Crippen molar-refractivity contribution >= 4 is 17.5 Å². The normalized spacial score (nSPS) is 17.2. The third-order valence-electron chi connectivity index (χ3n) is 4.70. The second-order valence-electron chi connectivity index (χ2n) is 6.03. The van der Waals surface area contributed by atoms with Crippen molar-refractivity contribution in [3.8, 4) is 0 Å². The summed E-state index contributed by atoms with van der Waals surface area (Å²) in [5, 5.41) is 7.22. The molecular formula is C18H28ClN3O. The lowest BCUT2D eigenvalue weighted by Gasteiger charge is -2.31. The van der Waals surface area contributed by atoms with Gasteiger partial charge in [-0.3, -0.25) is 9.69 Å². The zero-order valence-electron chi connectivity index (χ0n) is 14.1. The quantitative estimate of drug-likeness (QED) is 0.804. The Labute approximate surface area is 144 Å². The van der Waals surface area contributed by atoms with Crippen LogP contribution < -0.4 is 10.6 Å². The molecular weight excluding hydrogens is 310 g/mol. The first-order valence-electron chi connectivity index (χ1n) is 8.64. The second kappa shape index (κ2) is 9.26. The van der Waals surface area contributed by atoms with Gasteiger partial charge in [-0.05, 0) is 50.7 Å². The third kappa shape index (κ3) is 4.93. The van der Waals surface area contributed by atoms with E-state index in [1.54, 1.807) is 0 Å². The molecule has 1 heterocycles. The molecule has 2 rings (SSSR count). The number of hydrogen-bond acceptors (Lipinski definition) is 3. The van der Waals surface area contributed by atoms with Gasteiger partial charge >= 0.3 is 0 Å². The third-order valence-corrected chi connectivity index (χ3v) is 5.04. The molecule has 5 heteroatoms. The Morgan fingerprint density at radius 3 is 2.57 bits per heavy atom. The zero-order chi connectivity index (χ0) is 16.7. The number of halogens is 1. The standard InChI is InChI=1S/C18H28ClN3O/c1-3-22(4-2)17(15-7-5-6-8-16(15)19)13-21-18(23)14-9-11-20-12-10-14/h5-8,14,17,20H,3-4,9-13H2,1-2H3,(H,21,23). The molecule has 1 fully saturated rings. The van der Waals surface area contributed by atoms with Crippen LogP contribution in [-0.2, 0) is 4.79 Å². The van der Waals surface area contributed by atoms with Crippen molar-refractivity contribution in [2.45, 2.75) is 32.7 Å². The lowest BCUT2D eigenvalue weighted by molar-refractivity contribution is -0.126. The van der Waals surface area contributed by atoms with E-state index in [1.165, 1.54) is 0 Å². The van der Waals surface area contributed by atoms with Gasteiger partial charge in [0.1, 0.15) is 0 Å². The van der Waals surface area contributed by atoms with Crippen LogP contribution in [0.3, 0.4) is 0 Å².